The van der Waals surface area contributed by atoms with Crippen molar-refractivity contribution in [2.45, 2.75) is 46.1 Å². The van der Waals surface area contributed by atoms with Crippen LogP contribution in [-0.2, 0) is 14.3 Å². The van der Waals surface area contributed by atoms with Gasteiger partial charge in [-0.15, -0.1) is 0 Å². The summed E-state index contributed by atoms with van der Waals surface area (Å²) in [6, 6.07) is 0. The first-order valence-corrected chi connectivity index (χ1v) is 6.23. The Labute approximate surface area is 98.5 Å². The second-order valence-electron chi connectivity index (χ2n) is 5.29. The highest BCUT2D eigenvalue weighted by Gasteiger charge is 2.33. The van der Waals surface area contributed by atoms with Crippen LogP contribution in [0.25, 0.3) is 0 Å². The van der Waals surface area contributed by atoms with Crippen LogP contribution in [0.5, 0.6) is 0 Å². The summed E-state index contributed by atoms with van der Waals surface area (Å²) in [5, 5.41) is 0. The van der Waals surface area contributed by atoms with Crippen LogP contribution in [-0.4, -0.2) is 25.8 Å². The highest BCUT2D eigenvalue weighted by Crippen LogP contribution is 2.35. The summed E-state index contributed by atoms with van der Waals surface area (Å²) >= 11 is 0. The fraction of sp³-hybridized carbons (Fsp3) is 0.923. The van der Waals surface area contributed by atoms with Gasteiger partial charge >= 0.3 is 5.97 Å². The normalized spacial score (nSPS) is 30.4. The van der Waals surface area contributed by atoms with Crippen molar-refractivity contribution in [2.24, 2.45) is 17.8 Å². The lowest BCUT2D eigenvalue weighted by molar-refractivity contribution is -0.160. The molecule has 0 heterocycles. The second kappa shape index (κ2) is 6.24. The van der Waals surface area contributed by atoms with Gasteiger partial charge in [-0.3, -0.25) is 0 Å². The molecule has 0 unspecified atom stereocenters. The first-order chi connectivity index (χ1) is 7.54. The number of methoxy groups -OCH3 is 1. The summed E-state index contributed by atoms with van der Waals surface area (Å²) in [5.74, 6) is 1.52. The minimum Gasteiger partial charge on any atom is -0.460 e. The van der Waals surface area contributed by atoms with Gasteiger partial charge < -0.3 is 9.47 Å². The molecule has 16 heavy (non-hydrogen) atoms. The first kappa shape index (κ1) is 13.5. The highest BCUT2D eigenvalue weighted by atomic mass is 16.6. The molecular formula is C13H24O3. The molecule has 0 bridgehead atoms. The van der Waals surface area contributed by atoms with Gasteiger partial charge in [0, 0.05) is 7.11 Å². The molecule has 0 aromatic carbocycles. The average molecular weight is 228 g/mol. The Bertz CT molecular complexity index is 225. The number of carbonyl (C=O) groups is 1. The SMILES string of the molecule is COCC(=O)O[C@@H]1C[C@H](C)CC[C@H]1C(C)C. The van der Waals surface area contributed by atoms with Crippen LogP contribution in [0.15, 0.2) is 0 Å². The molecule has 0 aliphatic heterocycles. The van der Waals surface area contributed by atoms with Gasteiger partial charge in [0.2, 0.25) is 0 Å². The van der Waals surface area contributed by atoms with Crippen LogP contribution in [0.2, 0.25) is 0 Å². The van der Waals surface area contributed by atoms with Crippen LogP contribution >= 0.6 is 0 Å². The van der Waals surface area contributed by atoms with Crippen molar-refractivity contribution in [1.29, 1.82) is 0 Å². The molecule has 1 aliphatic carbocycles. The first-order valence-electron chi connectivity index (χ1n) is 6.23. The summed E-state index contributed by atoms with van der Waals surface area (Å²) in [4.78, 5) is 11.4. The number of carbonyl (C=O) groups excluding carboxylic acids is 1. The van der Waals surface area contributed by atoms with Crippen molar-refractivity contribution < 1.29 is 14.3 Å². The van der Waals surface area contributed by atoms with Crippen molar-refractivity contribution in [3.05, 3.63) is 0 Å². The van der Waals surface area contributed by atoms with E-state index in [1.165, 1.54) is 20.0 Å². The van der Waals surface area contributed by atoms with Crippen LogP contribution in [0.3, 0.4) is 0 Å². The smallest absolute Gasteiger partial charge is 0.332 e. The van der Waals surface area contributed by atoms with E-state index in [0.717, 1.165) is 6.42 Å². The third-order valence-corrected chi connectivity index (χ3v) is 3.51. The van der Waals surface area contributed by atoms with Crippen LogP contribution in [0.1, 0.15) is 40.0 Å². The van der Waals surface area contributed by atoms with Gasteiger partial charge in [-0.2, -0.15) is 0 Å². The Kier molecular flexibility index (Phi) is 5.26. The third kappa shape index (κ3) is 3.78. The zero-order chi connectivity index (χ0) is 12.1. The predicted octanol–water partition coefficient (Wildman–Crippen LogP) is 2.64. The zero-order valence-corrected chi connectivity index (χ0v) is 10.9. The lowest BCUT2D eigenvalue weighted by atomic mass is 9.75. The van der Waals surface area contributed by atoms with Crippen molar-refractivity contribution in [3.8, 4) is 0 Å². The molecule has 0 spiro atoms. The molecule has 1 saturated carbocycles. The topological polar surface area (TPSA) is 35.5 Å². The fourth-order valence-electron chi connectivity index (χ4n) is 2.57. The van der Waals surface area contributed by atoms with E-state index in [0.29, 0.717) is 17.8 Å². The molecule has 0 radical (unpaired) electrons. The molecule has 94 valence electrons. The monoisotopic (exact) mass is 228 g/mol. The van der Waals surface area contributed by atoms with Gasteiger partial charge in [0.1, 0.15) is 12.7 Å². The van der Waals surface area contributed by atoms with E-state index in [4.69, 9.17) is 9.47 Å². The molecule has 0 saturated heterocycles. The number of esters is 1. The second-order valence-corrected chi connectivity index (χ2v) is 5.29. The minimum absolute atomic E-state index is 0.0652. The Hall–Kier alpha value is -0.570. The summed E-state index contributed by atoms with van der Waals surface area (Å²) in [6.07, 6.45) is 3.51. The molecule has 0 amide bonds. The van der Waals surface area contributed by atoms with Crippen LogP contribution in [0, 0.1) is 17.8 Å². The van der Waals surface area contributed by atoms with E-state index in [1.807, 2.05) is 0 Å². The number of hydrogen-bond donors (Lipinski definition) is 0. The van der Waals surface area contributed by atoms with Crippen LogP contribution < -0.4 is 0 Å². The molecule has 3 heteroatoms. The maximum absolute atomic E-state index is 11.4. The van der Waals surface area contributed by atoms with Crippen molar-refractivity contribution in [2.75, 3.05) is 13.7 Å². The number of rotatable bonds is 4. The molecule has 1 rings (SSSR count). The molecule has 3 atom stereocenters. The average Bonchev–Trinajstić information content (AvgIpc) is 2.17. The Morgan fingerprint density at radius 2 is 2.06 bits per heavy atom. The maximum Gasteiger partial charge on any atom is 0.332 e. The van der Waals surface area contributed by atoms with Crippen molar-refractivity contribution >= 4 is 5.97 Å². The number of ether oxygens (including phenoxy) is 2. The Morgan fingerprint density at radius 3 is 2.62 bits per heavy atom. The van der Waals surface area contributed by atoms with E-state index in [9.17, 15) is 4.79 Å². The van der Waals surface area contributed by atoms with Gasteiger partial charge in [0.25, 0.3) is 0 Å². The van der Waals surface area contributed by atoms with Gasteiger partial charge in [-0.25, -0.2) is 4.79 Å². The quantitative estimate of drug-likeness (QED) is 0.694. The molecule has 0 aromatic heterocycles. The van der Waals surface area contributed by atoms with Gasteiger partial charge in [-0.1, -0.05) is 27.2 Å². The summed E-state index contributed by atoms with van der Waals surface area (Å²) in [5.41, 5.74) is 0. The fourth-order valence-corrected chi connectivity index (χ4v) is 2.57. The molecule has 0 N–H and O–H groups in total. The van der Waals surface area contributed by atoms with Gasteiger partial charge in [-0.05, 0) is 30.6 Å². The number of hydrogen-bond acceptors (Lipinski definition) is 3. The standard InChI is InChI=1S/C13H24O3/c1-9(2)11-6-5-10(3)7-12(11)16-13(14)8-15-4/h9-12H,5-8H2,1-4H3/t10-,11+,12-/m1/s1. The van der Waals surface area contributed by atoms with Crippen molar-refractivity contribution in [1.82, 2.24) is 0 Å². The summed E-state index contributed by atoms with van der Waals surface area (Å²) < 4.78 is 10.3. The molecular weight excluding hydrogens is 204 g/mol. The summed E-state index contributed by atoms with van der Waals surface area (Å²) in [6.45, 7) is 6.71. The molecule has 1 fully saturated rings. The Morgan fingerprint density at radius 1 is 1.38 bits per heavy atom. The summed E-state index contributed by atoms with van der Waals surface area (Å²) in [7, 11) is 1.52. The maximum atomic E-state index is 11.4. The van der Waals surface area contributed by atoms with Gasteiger partial charge in [0.05, 0.1) is 0 Å². The van der Waals surface area contributed by atoms with Gasteiger partial charge in [0.15, 0.2) is 0 Å². The lowest BCUT2D eigenvalue weighted by Gasteiger charge is -2.36. The third-order valence-electron chi connectivity index (χ3n) is 3.51. The largest absolute Gasteiger partial charge is 0.460 e. The minimum atomic E-state index is -0.229. The van der Waals surface area contributed by atoms with E-state index >= 15 is 0 Å². The van der Waals surface area contributed by atoms with E-state index in [-0.39, 0.29) is 18.7 Å². The zero-order valence-electron chi connectivity index (χ0n) is 10.9. The lowest BCUT2D eigenvalue weighted by Crippen LogP contribution is -2.36. The van der Waals surface area contributed by atoms with E-state index in [1.54, 1.807) is 0 Å². The molecule has 1 aliphatic rings. The van der Waals surface area contributed by atoms with E-state index in [2.05, 4.69) is 20.8 Å². The Balaban J connectivity index is 2.54. The van der Waals surface area contributed by atoms with E-state index < -0.39 is 0 Å². The molecule has 3 nitrogen and oxygen atoms in total. The van der Waals surface area contributed by atoms with Crippen LogP contribution in [0.4, 0.5) is 0 Å². The predicted molar refractivity (Wildman–Crippen MR) is 63.1 cm³/mol. The molecule has 0 aromatic rings. The van der Waals surface area contributed by atoms with Crippen molar-refractivity contribution in [3.63, 3.8) is 0 Å². The highest BCUT2D eigenvalue weighted by molar-refractivity contribution is 5.70.